The van der Waals surface area contributed by atoms with E-state index in [9.17, 15) is 0 Å². The van der Waals surface area contributed by atoms with Gasteiger partial charge in [-0.2, -0.15) is 0 Å². The summed E-state index contributed by atoms with van der Waals surface area (Å²) in [6.45, 7) is 10.2. The van der Waals surface area contributed by atoms with Crippen LogP contribution in [0.4, 0.5) is 0 Å². The molecule has 0 radical (unpaired) electrons. The Morgan fingerprint density at radius 2 is 2.20 bits per heavy atom. The second kappa shape index (κ2) is 5.35. The maximum Gasteiger partial charge on any atom is 0.137 e. The van der Waals surface area contributed by atoms with Gasteiger partial charge >= 0.3 is 0 Å². The Bertz CT molecular complexity index is 380. The van der Waals surface area contributed by atoms with E-state index in [0.29, 0.717) is 6.61 Å². The summed E-state index contributed by atoms with van der Waals surface area (Å²) < 4.78 is 0. The summed E-state index contributed by atoms with van der Waals surface area (Å²) in [6, 6.07) is 6.25. The van der Waals surface area contributed by atoms with E-state index in [1.165, 1.54) is 11.1 Å². The van der Waals surface area contributed by atoms with Crippen molar-refractivity contribution >= 4 is 6.21 Å². The molecule has 1 rings (SSSR count). The highest BCUT2D eigenvalue weighted by atomic mass is 16.6. The molecular weight excluding hydrogens is 186 g/mol. The highest BCUT2D eigenvalue weighted by Crippen LogP contribution is 2.08. The summed E-state index contributed by atoms with van der Waals surface area (Å²) in [5.41, 5.74) is 4.48. The molecule has 0 spiro atoms. The molecule has 80 valence electrons. The Balaban J connectivity index is 2.63. The van der Waals surface area contributed by atoms with Gasteiger partial charge in [0.15, 0.2) is 0 Å². The SMILES string of the molecule is C=C(C)CO/N=C/c1cc(C)ccc1C. The first-order chi connectivity index (χ1) is 7.09. The van der Waals surface area contributed by atoms with E-state index in [1.807, 2.05) is 6.92 Å². The number of benzene rings is 1. The van der Waals surface area contributed by atoms with Gasteiger partial charge in [-0.1, -0.05) is 35.5 Å². The van der Waals surface area contributed by atoms with Gasteiger partial charge in [0.2, 0.25) is 0 Å². The van der Waals surface area contributed by atoms with Crippen LogP contribution in [-0.4, -0.2) is 12.8 Å². The Morgan fingerprint density at radius 1 is 1.47 bits per heavy atom. The molecule has 0 aliphatic carbocycles. The molecule has 0 bridgehead atoms. The topological polar surface area (TPSA) is 21.6 Å². The molecule has 0 fully saturated rings. The average Bonchev–Trinajstić information content (AvgIpc) is 2.17. The molecular formula is C13H17NO. The summed E-state index contributed by atoms with van der Waals surface area (Å²) in [5, 5.41) is 3.90. The second-order valence-electron chi connectivity index (χ2n) is 3.83. The normalized spacial score (nSPS) is 10.6. The second-order valence-corrected chi connectivity index (χ2v) is 3.83. The third-order valence-electron chi connectivity index (χ3n) is 2.01. The maximum atomic E-state index is 5.06. The third kappa shape index (κ3) is 3.98. The van der Waals surface area contributed by atoms with E-state index in [4.69, 9.17) is 4.84 Å². The van der Waals surface area contributed by atoms with Gasteiger partial charge in [-0.3, -0.25) is 0 Å². The molecule has 0 aromatic heterocycles. The van der Waals surface area contributed by atoms with Gasteiger partial charge in [0.05, 0.1) is 6.21 Å². The minimum absolute atomic E-state index is 0.474. The minimum atomic E-state index is 0.474. The number of nitrogens with zero attached hydrogens (tertiary/aromatic N) is 1. The fourth-order valence-electron chi connectivity index (χ4n) is 1.14. The molecule has 0 unspecified atom stereocenters. The van der Waals surface area contributed by atoms with Crippen LogP contribution >= 0.6 is 0 Å². The fourth-order valence-corrected chi connectivity index (χ4v) is 1.14. The van der Waals surface area contributed by atoms with Gasteiger partial charge in [0, 0.05) is 0 Å². The Labute approximate surface area is 91.3 Å². The Kier molecular flexibility index (Phi) is 4.10. The number of aryl methyl sites for hydroxylation is 2. The minimum Gasteiger partial charge on any atom is -0.391 e. The van der Waals surface area contributed by atoms with E-state index in [0.717, 1.165) is 11.1 Å². The molecule has 1 aromatic carbocycles. The molecule has 0 heterocycles. The standard InChI is InChI=1S/C13H17NO/c1-10(2)9-15-14-8-13-7-11(3)5-6-12(13)4/h5-8H,1,9H2,2-4H3/b14-8+. The van der Waals surface area contributed by atoms with Crippen LogP contribution < -0.4 is 0 Å². The first kappa shape index (κ1) is 11.5. The van der Waals surface area contributed by atoms with Crippen LogP contribution in [0, 0.1) is 13.8 Å². The van der Waals surface area contributed by atoms with Crippen LogP contribution in [0.25, 0.3) is 0 Å². The molecule has 15 heavy (non-hydrogen) atoms. The van der Waals surface area contributed by atoms with E-state index >= 15 is 0 Å². The lowest BCUT2D eigenvalue weighted by Crippen LogP contribution is -1.91. The Hall–Kier alpha value is -1.57. The zero-order valence-corrected chi connectivity index (χ0v) is 9.58. The third-order valence-corrected chi connectivity index (χ3v) is 2.01. The lowest BCUT2D eigenvalue weighted by molar-refractivity contribution is 0.170. The summed E-state index contributed by atoms with van der Waals surface area (Å²) in [6.07, 6.45) is 1.74. The highest BCUT2D eigenvalue weighted by molar-refractivity contribution is 5.81. The summed E-state index contributed by atoms with van der Waals surface area (Å²) in [4.78, 5) is 5.06. The lowest BCUT2D eigenvalue weighted by atomic mass is 10.1. The van der Waals surface area contributed by atoms with Crippen LogP contribution in [0.15, 0.2) is 35.5 Å². The van der Waals surface area contributed by atoms with Crippen molar-refractivity contribution in [1.82, 2.24) is 0 Å². The predicted molar refractivity (Wildman–Crippen MR) is 64.3 cm³/mol. The summed E-state index contributed by atoms with van der Waals surface area (Å²) in [7, 11) is 0. The van der Waals surface area contributed by atoms with Crippen molar-refractivity contribution in [2.45, 2.75) is 20.8 Å². The van der Waals surface area contributed by atoms with Gasteiger partial charge in [-0.25, -0.2) is 0 Å². The number of rotatable bonds is 4. The van der Waals surface area contributed by atoms with Crippen molar-refractivity contribution in [2.24, 2.45) is 5.16 Å². The van der Waals surface area contributed by atoms with E-state index < -0.39 is 0 Å². The zero-order chi connectivity index (χ0) is 11.3. The molecule has 1 aromatic rings. The van der Waals surface area contributed by atoms with Gasteiger partial charge in [0.25, 0.3) is 0 Å². The van der Waals surface area contributed by atoms with Crippen molar-refractivity contribution in [2.75, 3.05) is 6.61 Å². The molecule has 0 saturated heterocycles. The maximum absolute atomic E-state index is 5.06. The molecule has 0 aliphatic rings. The molecule has 0 aliphatic heterocycles. The fraction of sp³-hybridized carbons (Fsp3) is 0.308. The van der Waals surface area contributed by atoms with Gasteiger partial charge in [-0.05, 0) is 37.5 Å². The van der Waals surface area contributed by atoms with E-state index in [-0.39, 0.29) is 0 Å². The number of oxime groups is 1. The molecule has 2 nitrogen and oxygen atoms in total. The molecule has 0 amide bonds. The smallest absolute Gasteiger partial charge is 0.137 e. The van der Waals surface area contributed by atoms with Crippen molar-refractivity contribution in [3.05, 3.63) is 47.0 Å². The first-order valence-corrected chi connectivity index (χ1v) is 4.96. The van der Waals surface area contributed by atoms with Crippen LogP contribution in [-0.2, 0) is 4.84 Å². The lowest BCUT2D eigenvalue weighted by Gasteiger charge is -2.01. The van der Waals surface area contributed by atoms with Crippen LogP contribution in [0.3, 0.4) is 0 Å². The van der Waals surface area contributed by atoms with E-state index in [1.54, 1.807) is 6.21 Å². The van der Waals surface area contributed by atoms with Crippen LogP contribution in [0.2, 0.25) is 0 Å². The summed E-state index contributed by atoms with van der Waals surface area (Å²) >= 11 is 0. The monoisotopic (exact) mass is 203 g/mol. The van der Waals surface area contributed by atoms with Gasteiger partial charge in [-0.15, -0.1) is 0 Å². The van der Waals surface area contributed by atoms with Gasteiger partial charge in [0.1, 0.15) is 6.61 Å². The average molecular weight is 203 g/mol. The number of hydrogen-bond acceptors (Lipinski definition) is 2. The first-order valence-electron chi connectivity index (χ1n) is 4.96. The van der Waals surface area contributed by atoms with Crippen molar-refractivity contribution in [1.29, 1.82) is 0 Å². The van der Waals surface area contributed by atoms with Crippen molar-refractivity contribution in [3.8, 4) is 0 Å². The van der Waals surface area contributed by atoms with Crippen molar-refractivity contribution < 1.29 is 4.84 Å². The molecule has 0 atom stereocenters. The summed E-state index contributed by atoms with van der Waals surface area (Å²) in [5.74, 6) is 0. The zero-order valence-electron chi connectivity index (χ0n) is 9.58. The Morgan fingerprint density at radius 3 is 2.87 bits per heavy atom. The largest absolute Gasteiger partial charge is 0.391 e. The van der Waals surface area contributed by atoms with E-state index in [2.05, 4.69) is 43.8 Å². The van der Waals surface area contributed by atoms with Crippen molar-refractivity contribution in [3.63, 3.8) is 0 Å². The highest BCUT2D eigenvalue weighted by Gasteiger charge is 1.94. The van der Waals surface area contributed by atoms with Crippen LogP contribution in [0.5, 0.6) is 0 Å². The quantitative estimate of drug-likeness (QED) is 0.418. The van der Waals surface area contributed by atoms with Gasteiger partial charge < -0.3 is 4.84 Å². The molecule has 2 heteroatoms. The van der Waals surface area contributed by atoms with Crippen LogP contribution in [0.1, 0.15) is 23.6 Å². The number of hydrogen-bond donors (Lipinski definition) is 0. The molecule has 0 saturated carbocycles. The predicted octanol–water partition coefficient (Wildman–Crippen LogP) is 3.23. The molecule has 0 N–H and O–H groups in total.